The predicted molar refractivity (Wildman–Crippen MR) is 99.7 cm³/mol. The fraction of sp³-hybridized carbons (Fsp3) is 0.350. The second-order valence-electron chi connectivity index (χ2n) is 6.79. The number of H-pyrrole nitrogens is 1. The molecule has 2 aromatic heterocycles. The number of aromatic nitrogens is 3. The lowest BCUT2D eigenvalue weighted by Gasteiger charge is -2.31. The first-order chi connectivity index (χ1) is 12.7. The van der Waals surface area contributed by atoms with Gasteiger partial charge < -0.3 is 15.0 Å². The van der Waals surface area contributed by atoms with Crippen molar-refractivity contribution in [2.45, 2.75) is 19.3 Å². The topological polar surface area (TPSA) is 82.1 Å². The lowest BCUT2D eigenvalue weighted by atomic mass is 9.94. The second kappa shape index (κ2) is 7.25. The van der Waals surface area contributed by atoms with E-state index in [1.54, 1.807) is 6.20 Å². The van der Waals surface area contributed by atoms with Crippen molar-refractivity contribution in [3.8, 4) is 11.4 Å². The summed E-state index contributed by atoms with van der Waals surface area (Å²) in [5.74, 6) is 1.17. The number of amides is 1. The molecule has 6 heteroatoms. The average Bonchev–Trinajstić information content (AvgIpc) is 3.12. The van der Waals surface area contributed by atoms with E-state index in [9.17, 15) is 4.79 Å². The Morgan fingerprint density at radius 3 is 2.73 bits per heavy atom. The number of carbonyl (C=O) groups is 1. The summed E-state index contributed by atoms with van der Waals surface area (Å²) < 4.78 is 0. The molecule has 0 bridgehead atoms. The maximum atomic E-state index is 12.8. The summed E-state index contributed by atoms with van der Waals surface area (Å²) in [7, 11) is 0. The SMILES string of the molecule is O=C(c1cc2cnc(-c3ccccc3)nc2[nH]1)N1CCC(CCO)CC1. The minimum absolute atomic E-state index is 0.00621. The minimum Gasteiger partial charge on any atom is -0.396 e. The highest BCUT2D eigenvalue weighted by Gasteiger charge is 2.24. The van der Waals surface area contributed by atoms with E-state index in [0.29, 0.717) is 23.1 Å². The van der Waals surface area contributed by atoms with Crippen molar-refractivity contribution in [2.24, 2.45) is 5.92 Å². The quantitative estimate of drug-likeness (QED) is 0.758. The zero-order valence-electron chi connectivity index (χ0n) is 14.6. The van der Waals surface area contributed by atoms with Crippen LogP contribution in [0.15, 0.2) is 42.6 Å². The van der Waals surface area contributed by atoms with Crippen molar-refractivity contribution in [2.75, 3.05) is 19.7 Å². The van der Waals surface area contributed by atoms with Crippen LogP contribution in [0.5, 0.6) is 0 Å². The number of aromatic amines is 1. The summed E-state index contributed by atoms with van der Waals surface area (Å²) in [6.07, 6.45) is 4.48. The number of hydrogen-bond acceptors (Lipinski definition) is 4. The van der Waals surface area contributed by atoms with Crippen LogP contribution in [0.1, 0.15) is 29.8 Å². The summed E-state index contributed by atoms with van der Waals surface area (Å²) in [5.41, 5.74) is 2.18. The smallest absolute Gasteiger partial charge is 0.270 e. The summed E-state index contributed by atoms with van der Waals surface area (Å²) in [5, 5.41) is 9.89. The molecule has 134 valence electrons. The van der Waals surface area contributed by atoms with Gasteiger partial charge >= 0.3 is 0 Å². The monoisotopic (exact) mass is 350 g/mol. The van der Waals surface area contributed by atoms with E-state index < -0.39 is 0 Å². The van der Waals surface area contributed by atoms with Gasteiger partial charge in [0.2, 0.25) is 0 Å². The van der Waals surface area contributed by atoms with Gasteiger partial charge in [0.05, 0.1) is 0 Å². The number of hydrogen-bond donors (Lipinski definition) is 2. The zero-order valence-corrected chi connectivity index (χ0v) is 14.6. The van der Waals surface area contributed by atoms with Crippen molar-refractivity contribution in [1.29, 1.82) is 0 Å². The molecule has 6 nitrogen and oxygen atoms in total. The minimum atomic E-state index is 0.00621. The van der Waals surface area contributed by atoms with Crippen LogP contribution in [-0.4, -0.2) is 50.6 Å². The molecule has 3 aromatic rings. The summed E-state index contributed by atoms with van der Waals surface area (Å²) in [6, 6.07) is 11.6. The van der Waals surface area contributed by atoms with Crippen LogP contribution in [0.3, 0.4) is 0 Å². The van der Waals surface area contributed by atoms with Crippen molar-refractivity contribution < 1.29 is 9.90 Å². The van der Waals surface area contributed by atoms with Gasteiger partial charge in [-0.25, -0.2) is 9.97 Å². The Balaban J connectivity index is 1.53. The number of benzene rings is 1. The molecule has 26 heavy (non-hydrogen) atoms. The van der Waals surface area contributed by atoms with E-state index in [1.165, 1.54) is 0 Å². The lowest BCUT2D eigenvalue weighted by molar-refractivity contribution is 0.0673. The third kappa shape index (κ3) is 3.32. The van der Waals surface area contributed by atoms with Crippen LogP contribution in [-0.2, 0) is 0 Å². The van der Waals surface area contributed by atoms with Gasteiger partial charge in [-0.15, -0.1) is 0 Å². The Morgan fingerprint density at radius 1 is 1.23 bits per heavy atom. The molecule has 0 unspecified atom stereocenters. The zero-order chi connectivity index (χ0) is 17.9. The normalized spacial score (nSPS) is 15.5. The molecule has 4 rings (SSSR count). The number of rotatable bonds is 4. The number of nitrogens with one attached hydrogen (secondary N) is 1. The van der Waals surface area contributed by atoms with Gasteiger partial charge in [0, 0.05) is 36.8 Å². The van der Waals surface area contributed by atoms with Gasteiger partial charge in [-0.1, -0.05) is 30.3 Å². The fourth-order valence-electron chi connectivity index (χ4n) is 3.54. The highest BCUT2D eigenvalue weighted by atomic mass is 16.3. The number of nitrogens with zero attached hydrogens (tertiary/aromatic N) is 3. The predicted octanol–water partition coefficient (Wildman–Crippen LogP) is 2.86. The molecule has 0 atom stereocenters. The molecule has 1 amide bonds. The van der Waals surface area contributed by atoms with Crippen molar-refractivity contribution in [3.63, 3.8) is 0 Å². The number of fused-ring (bicyclic) bond motifs is 1. The molecule has 3 heterocycles. The van der Waals surface area contributed by atoms with E-state index in [1.807, 2.05) is 41.3 Å². The van der Waals surface area contributed by atoms with Crippen molar-refractivity contribution in [3.05, 3.63) is 48.3 Å². The number of aliphatic hydroxyl groups is 1. The summed E-state index contributed by atoms with van der Waals surface area (Å²) in [6.45, 7) is 1.70. The standard InChI is InChI=1S/C20H22N4O2/c25-11-8-14-6-9-24(10-7-14)20(26)17-12-16-13-21-18(23-19(16)22-17)15-4-2-1-3-5-15/h1-5,12-14,25H,6-11H2,(H,21,22,23). The van der Waals surface area contributed by atoms with E-state index in [0.717, 1.165) is 43.3 Å². The Hall–Kier alpha value is -2.73. The molecule has 1 saturated heterocycles. The summed E-state index contributed by atoms with van der Waals surface area (Å²) in [4.78, 5) is 26.8. The van der Waals surface area contributed by atoms with Crippen molar-refractivity contribution >= 4 is 16.9 Å². The number of likely N-dealkylation sites (tertiary alicyclic amines) is 1. The maximum absolute atomic E-state index is 12.8. The van der Waals surface area contributed by atoms with E-state index in [-0.39, 0.29) is 12.5 Å². The van der Waals surface area contributed by atoms with Crippen LogP contribution < -0.4 is 0 Å². The highest BCUT2D eigenvalue weighted by Crippen LogP contribution is 2.23. The molecule has 1 aliphatic heterocycles. The van der Waals surface area contributed by atoms with Gasteiger partial charge in [0.15, 0.2) is 5.82 Å². The molecule has 2 N–H and O–H groups in total. The molecule has 0 aliphatic carbocycles. The second-order valence-corrected chi connectivity index (χ2v) is 6.79. The Kier molecular flexibility index (Phi) is 4.67. The Labute approximate surface area is 151 Å². The fourth-order valence-corrected chi connectivity index (χ4v) is 3.54. The highest BCUT2D eigenvalue weighted by molar-refractivity contribution is 5.97. The number of aliphatic hydroxyl groups excluding tert-OH is 1. The van der Waals surface area contributed by atoms with E-state index >= 15 is 0 Å². The Bertz CT molecular complexity index is 899. The maximum Gasteiger partial charge on any atom is 0.270 e. The van der Waals surface area contributed by atoms with Crippen LogP contribution in [0.2, 0.25) is 0 Å². The van der Waals surface area contributed by atoms with Gasteiger partial charge in [0.25, 0.3) is 5.91 Å². The first-order valence-corrected chi connectivity index (χ1v) is 9.06. The average molecular weight is 350 g/mol. The van der Waals surface area contributed by atoms with E-state index in [4.69, 9.17) is 5.11 Å². The number of carbonyl (C=O) groups excluding carboxylic acids is 1. The first kappa shape index (κ1) is 16.7. The van der Waals surface area contributed by atoms with Crippen LogP contribution >= 0.6 is 0 Å². The molecule has 1 aromatic carbocycles. The molecular weight excluding hydrogens is 328 g/mol. The molecule has 1 fully saturated rings. The molecule has 1 aliphatic rings. The van der Waals surface area contributed by atoms with Gasteiger partial charge in [0.1, 0.15) is 11.3 Å². The largest absolute Gasteiger partial charge is 0.396 e. The van der Waals surface area contributed by atoms with E-state index in [2.05, 4.69) is 15.0 Å². The first-order valence-electron chi connectivity index (χ1n) is 9.06. The van der Waals surface area contributed by atoms with Crippen LogP contribution in [0.4, 0.5) is 0 Å². The molecular formula is C20H22N4O2. The lowest BCUT2D eigenvalue weighted by Crippen LogP contribution is -2.38. The van der Waals surface area contributed by atoms with Crippen LogP contribution in [0.25, 0.3) is 22.4 Å². The van der Waals surface area contributed by atoms with Gasteiger partial charge in [-0.3, -0.25) is 4.79 Å². The van der Waals surface area contributed by atoms with Crippen LogP contribution in [0, 0.1) is 5.92 Å². The Morgan fingerprint density at radius 2 is 2.00 bits per heavy atom. The van der Waals surface area contributed by atoms with Gasteiger partial charge in [-0.05, 0) is 31.2 Å². The molecule has 0 saturated carbocycles. The third-order valence-electron chi connectivity index (χ3n) is 5.07. The third-order valence-corrected chi connectivity index (χ3v) is 5.07. The van der Waals surface area contributed by atoms with Crippen molar-refractivity contribution in [1.82, 2.24) is 19.9 Å². The number of piperidine rings is 1. The van der Waals surface area contributed by atoms with Gasteiger partial charge in [-0.2, -0.15) is 0 Å². The summed E-state index contributed by atoms with van der Waals surface area (Å²) >= 11 is 0. The molecule has 0 radical (unpaired) electrons. The molecule has 0 spiro atoms.